The summed E-state index contributed by atoms with van der Waals surface area (Å²) < 4.78 is 5.82. The Hall–Kier alpha value is -3.10. The van der Waals surface area contributed by atoms with E-state index in [0.717, 1.165) is 12.8 Å². The molecule has 1 aliphatic heterocycles. The molecule has 180 valence electrons. The van der Waals surface area contributed by atoms with Gasteiger partial charge in [-0.25, -0.2) is 0 Å². The van der Waals surface area contributed by atoms with Gasteiger partial charge in [0.05, 0.1) is 18.0 Å². The molecule has 2 aliphatic rings. The molecule has 1 aliphatic carbocycles. The molecule has 0 spiro atoms. The van der Waals surface area contributed by atoms with Gasteiger partial charge in [-0.15, -0.1) is 0 Å². The molecule has 0 saturated heterocycles. The highest BCUT2D eigenvalue weighted by Crippen LogP contribution is 2.27. The number of amides is 4. The number of para-hydroxylation sites is 1. The van der Waals surface area contributed by atoms with Crippen molar-refractivity contribution in [3.8, 4) is 5.75 Å². The molecule has 0 aromatic heterocycles. The van der Waals surface area contributed by atoms with Gasteiger partial charge in [-0.3, -0.25) is 19.2 Å². The van der Waals surface area contributed by atoms with Crippen LogP contribution in [0.25, 0.3) is 0 Å². The Kier molecular flexibility index (Phi) is 8.30. The lowest BCUT2D eigenvalue weighted by Crippen LogP contribution is -2.54. The second-order valence-electron chi connectivity index (χ2n) is 9.39. The van der Waals surface area contributed by atoms with Crippen LogP contribution in [0.2, 0.25) is 0 Å². The van der Waals surface area contributed by atoms with Gasteiger partial charge in [-0.1, -0.05) is 26.0 Å². The van der Waals surface area contributed by atoms with Gasteiger partial charge in [-0.05, 0) is 50.2 Å². The Morgan fingerprint density at radius 1 is 1.12 bits per heavy atom. The number of carbonyl (C=O) groups is 4. The molecule has 1 saturated carbocycles. The zero-order valence-corrected chi connectivity index (χ0v) is 19.5. The minimum atomic E-state index is -1.08. The molecule has 9 heteroatoms. The van der Waals surface area contributed by atoms with Crippen molar-refractivity contribution in [3.05, 3.63) is 29.8 Å². The predicted octanol–water partition coefficient (Wildman–Crippen LogP) is 1.13. The molecule has 1 aromatic carbocycles. The lowest BCUT2D eigenvalue weighted by atomic mass is 10.0. The molecule has 0 bridgehead atoms. The van der Waals surface area contributed by atoms with Crippen LogP contribution >= 0.6 is 0 Å². The van der Waals surface area contributed by atoms with Gasteiger partial charge < -0.3 is 26.0 Å². The van der Waals surface area contributed by atoms with Gasteiger partial charge in [0.1, 0.15) is 24.4 Å². The van der Waals surface area contributed by atoms with E-state index in [1.54, 1.807) is 31.2 Å². The van der Waals surface area contributed by atoms with Crippen LogP contribution in [0.3, 0.4) is 0 Å². The van der Waals surface area contributed by atoms with Gasteiger partial charge in [0.2, 0.25) is 17.7 Å². The summed E-state index contributed by atoms with van der Waals surface area (Å²) in [7, 11) is 0. The Balaban J connectivity index is 1.85. The zero-order valence-electron chi connectivity index (χ0n) is 19.5. The predicted molar refractivity (Wildman–Crippen MR) is 123 cm³/mol. The molecular formula is C24H34N4O5. The molecule has 1 fully saturated rings. The first kappa shape index (κ1) is 24.5. The molecular weight excluding hydrogens is 424 g/mol. The van der Waals surface area contributed by atoms with Crippen molar-refractivity contribution in [2.24, 2.45) is 11.8 Å². The molecule has 1 aromatic rings. The lowest BCUT2D eigenvalue weighted by molar-refractivity contribution is -0.131. The van der Waals surface area contributed by atoms with E-state index in [9.17, 15) is 19.2 Å². The monoisotopic (exact) mass is 458 g/mol. The first-order chi connectivity index (χ1) is 15.7. The Morgan fingerprint density at radius 3 is 2.55 bits per heavy atom. The maximum absolute atomic E-state index is 13.0. The summed E-state index contributed by atoms with van der Waals surface area (Å²) in [5.74, 6) is -0.752. The number of fused-ring (bicyclic) bond motifs is 1. The van der Waals surface area contributed by atoms with Gasteiger partial charge in [-0.2, -0.15) is 0 Å². The summed E-state index contributed by atoms with van der Waals surface area (Å²) in [4.78, 5) is 51.5. The summed E-state index contributed by atoms with van der Waals surface area (Å²) in [6.45, 7) is 6.37. The molecule has 33 heavy (non-hydrogen) atoms. The third-order valence-corrected chi connectivity index (χ3v) is 5.64. The minimum absolute atomic E-state index is 0.143. The number of hydrogen-bond donors (Lipinski definition) is 4. The van der Waals surface area contributed by atoms with Crippen molar-refractivity contribution in [2.75, 3.05) is 13.2 Å². The van der Waals surface area contributed by atoms with Crippen LogP contribution in [0.5, 0.6) is 5.75 Å². The van der Waals surface area contributed by atoms with Crippen molar-refractivity contribution in [3.63, 3.8) is 0 Å². The Labute approximate surface area is 194 Å². The van der Waals surface area contributed by atoms with E-state index in [1.807, 2.05) is 13.8 Å². The Morgan fingerprint density at radius 2 is 1.85 bits per heavy atom. The highest BCUT2D eigenvalue weighted by atomic mass is 16.5. The average molecular weight is 459 g/mol. The average Bonchev–Trinajstić information content (AvgIpc) is 3.59. The normalized spacial score (nSPS) is 24.5. The summed E-state index contributed by atoms with van der Waals surface area (Å²) in [6.07, 6.45) is 2.29. The standard InChI is InChI=1S/C24H34N4O5/c1-14(2)10-18-24(32)26-15(3)13-33-20-7-5-4-6-17(20)22(30)28-19(11-21(29)27-18)23(31)25-12-16-8-9-16/h4-7,14-16,18-19H,8-13H2,1-3H3,(H,25,31)(H,26,32)(H,27,29)(H,28,30)/t15-,18+,19+/m1/s1. The van der Waals surface area contributed by atoms with Crippen molar-refractivity contribution in [1.29, 1.82) is 0 Å². The van der Waals surface area contributed by atoms with Gasteiger partial charge in [0, 0.05) is 6.54 Å². The van der Waals surface area contributed by atoms with Crippen molar-refractivity contribution >= 4 is 23.6 Å². The number of nitrogens with one attached hydrogen (secondary N) is 4. The highest BCUT2D eigenvalue weighted by Gasteiger charge is 2.30. The number of benzene rings is 1. The van der Waals surface area contributed by atoms with Crippen LogP contribution in [0.1, 0.15) is 56.8 Å². The van der Waals surface area contributed by atoms with Gasteiger partial charge in [0.25, 0.3) is 5.91 Å². The largest absolute Gasteiger partial charge is 0.491 e. The van der Waals surface area contributed by atoms with E-state index in [4.69, 9.17) is 4.74 Å². The summed E-state index contributed by atoms with van der Waals surface area (Å²) >= 11 is 0. The van der Waals surface area contributed by atoms with Crippen LogP contribution < -0.4 is 26.0 Å². The molecule has 0 radical (unpaired) electrons. The quantitative estimate of drug-likeness (QED) is 0.526. The van der Waals surface area contributed by atoms with Crippen LogP contribution in [-0.2, 0) is 14.4 Å². The summed E-state index contributed by atoms with van der Waals surface area (Å²) in [6, 6.07) is 4.52. The molecule has 4 N–H and O–H groups in total. The van der Waals surface area contributed by atoms with Crippen LogP contribution in [0.4, 0.5) is 0 Å². The highest BCUT2D eigenvalue weighted by molar-refractivity contribution is 6.01. The minimum Gasteiger partial charge on any atom is -0.491 e. The SMILES string of the molecule is CC(C)C[C@@H]1NC(=O)C[C@@H](C(=O)NCC2CC2)NC(=O)c2ccccc2OC[C@@H](C)NC1=O. The fourth-order valence-corrected chi connectivity index (χ4v) is 3.66. The number of rotatable bonds is 5. The molecule has 1 heterocycles. The topological polar surface area (TPSA) is 126 Å². The smallest absolute Gasteiger partial charge is 0.255 e. The third kappa shape index (κ3) is 7.47. The Bertz CT molecular complexity index is 883. The fourth-order valence-electron chi connectivity index (χ4n) is 3.66. The van der Waals surface area contributed by atoms with Gasteiger partial charge >= 0.3 is 0 Å². The first-order valence-corrected chi connectivity index (χ1v) is 11.6. The van der Waals surface area contributed by atoms with E-state index in [-0.39, 0.29) is 36.5 Å². The van der Waals surface area contributed by atoms with E-state index in [1.165, 1.54) is 0 Å². The maximum atomic E-state index is 13.0. The number of carbonyl (C=O) groups excluding carboxylic acids is 4. The second-order valence-corrected chi connectivity index (χ2v) is 9.39. The molecule has 0 unspecified atom stereocenters. The van der Waals surface area contributed by atoms with Crippen molar-refractivity contribution in [2.45, 2.75) is 64.6 Å². The molecule has 3 atom stereocenters. The van der Waals surface area contributed by atoms with Crippen molar-refractivity contribution in [1.82, 2.24) is 21.3 Å². The van der Waals surface area contributed by atoms with E-state index in [0.29, 0.717) is 24.6 Å². The molecule has 9 nitrogen and oxygen atoms in total. The number of hydrogen-bond acceptors (Lipinski definition) is 5. The van der Waals surface area contributed by atoms with Crippen LogP contribution in [0.15, 0.2) is 24.3 Å². The second kappa shape index (κ2) is 11.2. The fraction of sp³-hybridized carbons (Fsp3) is 0.583. The lowest BCUT2D eigenvalue weighted by Gasteiger charge is -2.25. The maximum Gasteiger partial charge on any atom is 0.255 e. The van der Waals surface area contributed by atoms with E-state index < -0.39 is 29.8 Å². The van der Waals surface area contributed by atoms with E-state index in [2.05, 4.69) is 21.3 Å². The molecule has 4 amide bonds. The summed E-state index contributed by atoms with van der Waals surface area (Å²) in [5, 5.41) is 11.1. The third-order valence-electron chi connectivity index (χ3n) is 5.64. The number of ether oxygens (including phenoxy) is 1. The van der Waals surface area contributed by atoms with Gasteiger partial charge in [0.15, 0.2) is 0 Å². The first-order valence-electron chi connectivity index (χ1n) is 11.6. The van der Waals surface area contributed by atoms with E-state index >= 15 is 0 Å². The van der Waals surface area contributed by atoms with Crippen molar-refractivity contribution < 1.29 is 23.9 Å². The molecule has 3 rings (SSSR count). The van der Waals surface area contributed by atoms with Crippen LogP contribution in [0, 0.1) is 11.8 Å². The van der Waals surface area contributed by atoms with Crippen LogP contribution in [-0.4, -0.2) is 54.9 Å². The zero-order chi connectivity index (χ0) is 24.0. The summed E-state index contributed by atoms with van der Waals surface area (Å²) in [5.41, 5.74) is 0.256.